The van der Waals surface area contributed by atoms with E-state index in [2.05, 4.69) is 106 Å². The maximum atomic E-state index is 12.9. The molecule has 0 aromatic carbocycles. The molecule has 0 N–H and O–H groups in total. The van der Waals surface area contributed by atoms with Crippen LogP contribution in [0.2, 0.25) is 0 Å². The molecule has 462 valence electrons. The van der Waals surface area contributed by atoms with Crippen LogP contribution in [0.4, 0.5) is 0 Å². The summed E-state index contributed by atoms with van der Waals surface area (Å²) in [5, 5.41) is 0. The second-order valence-corrected chi connectivity index (χ2v) is 23.1. The number of carbonyl (C=O) groups is 3. The smallest absolute Gasteiger partial charge is 0.306 e. The molecule has 0 aliphatic rings. The van der Waals surface area contributed by atoms with Crippen LogP contribution >= 0.6 is 0 Å². The van der Waals surface area contributed by atoms with Gasteiger partial charge in [-0.2, -0.15) is 0 Å². The van der Waals surface area contributed by atoms with Crippen LogP contribution in [0.3, 0.4) is 0 Å². The van der Waals surface area contributed by atoms with Gasteiger partial charge >= 0.3 is 17.9 Å². The second-order valence-electron chi connectivity index (χ2n) is 23.1. The molecule has 6 nitrogen and oxygen atoms in total. The third-order valence-electron chi connectivity index (χ3n) is 15.1. The van der Waals surface area contributed by atoms with Crippen molar-refractivity contribution >= 4 is 17.9 Å². The number of esters is 3. The number of hydrogen-bond donors (Lipinski definition) is 0. The van der Waals surface area contributed by atoms with Crippen molar-refractivity contribution in [1.29, 1.82) is 0 Å². The number of carbonyl (C=O) groups excluding carboxylic acids is 3. The Hall–Kier alpha value is -3.41. The zero-order valence-corrected chi connectivity index (χ0v) is 53.1. The minimum absolute atomic E-state index is 0.0784. The number of hydrogen-bond acceptors (Lipinski definition) is 6. The summed E-state index contributed by atoms with van der Waals surface area (Å²) in [6, 6.07) is 0. The van der Waals surface area contributed by atoms with Crippen LogP contribution in [0.5, 0.6) is 0 Å². The Labute approximate surface area is 496 Å². The minimum Gasteiger partial charge on any atom is -0.462 e. The standard InChI is InChI=1S/C74H130O6/c1-4-7-10-13-16-19-22-24-26-28-30-32-34-36-37-39-40-42-44-46-48-50-52-55-58-61-64-67-73(76)79-70-71(69-78-72(75)66-63-60-57-54-21-18-15-12-9-6-3)80-74(77)68-65-62-59-56-53-51-49-47-45-43-41-38-35-33-31-29-27-25-23-20-17-14-11-8-5-2/h7,10,12,15-16,19,24,26,29-32,36-37,71H,4-6,8-9,11,13-14,17-18,20-23,25,27-28,33-35,38-70H2,1-3H3/b10-7-,15-12-,19-16-,26-24-,31-29-,32-30-,37-36-. The average molecular weight is 1120 g/mol. The monoisotopic (exact) mass is 1110 g/mol. The molecule has 0 aromatic heterocycles. The van der Waals surface area contributed by atoms with E-state index in [0.29, 0.717) is 19.3 Å². The quantitative estimate of drug-likeness (QED) is 0.0261. The summed E-state index contributed by atoms with van der Waals surface area (Å²) >= 11 is 0. The van der Waals surface area contributed by atoms with E-state index >= 15 is 0 Å². The molecule has 1 unspecified atom stereocenters. The highest BCUT2D eigenvalue weighted by atomic mass is 16.6. The number of ether oxygens (including phenoxy) is 3. The van der Waals surface area contributed by atoms with Crippen molar-refractivity contribution in [2.24, 2.45) is 0 Å². The van der Waals surface area contributed by atoms with Crippen molar-refractivity contribution in [1.82, 2.24) is 0 Å². The highest BCUT2D eigenvalue weighted by molar-refractivity contribution is 5.71. The van der Waals surface area contributed by atoms with E-state index in [1.54, 1.807) is 0 Å². The van der Waals surface area contributed by atoms with Crippen LogP contribution in [0.25, 0.3) is 0 Å². The summed E-state index contributed by atoms with van der Waals surface area (Å²) in [7, 11) is 0. The van der Waals surface area contributed by atoms with Gasteiger partial charge in [-0.25, -0.2) is 0 Å². The summed E-state index contributed by atoms with van der Waals surface area (Å²) in [6.07, 6.45) is 90.5. The molecule has 80 heavy (non-hydrogen) atoms. The van der Waals surface area contributed by atoms with E-state index in [0.717, 1.165) is 103 Å². The van der Waals surface area contributed by atoms with Gasteiger partial charge in [0.25, 0.3) is 0 Å². The Balaban J connectivity index is 4.19. The van der Waals surface area contributed by atoms with Crippen LogP contribution in [0, 0.1) is 0 Å². The van der Waals surface area contributed by atoms with Gasteiger partial charge in [0.05, 0.1) is 0 Å². The fourth-order valence-electron chi connectivity index (χ4n) is 9.94. The maximum absolute atomic E-state index is 12.9. The first-order chi connectivity index (χ1) is 39.5. The molecule has 0 bridgehead atoms. The van der Waals surface area contributed by atoms with Crippen molar-refractivity contribution in [2.45, 2.75) is 354 Å². The second kappa shape index (κ2) is 68.1. The summed E-state index contributed by atoms with van der Waals surface area (Å²) in [5.41, 5.74) is 0. The van der Waals surface area contributed by atoms with E-state index < -0.39 is 6.10 Å². The molecule has 0 aliphatic heterocycles. The number of allylic oxidation sites excluding steroid dienone is 14. The van der Waals surface area contributed by atoms with Crippen molar-refractivity contribution < 1.29 is 28.6 Å². The van der Waals surface area contributed by atoms with E-state index in [9.17, 15) is 14.4 Å². The lowest BCUT2D eigenvalue weighted by Crippen LogP contribution is -2.30. The third kappa shape index (κ3) is 65.4. The summed E-state index contributed by atoms with van der Waals surface area (Å²) < 4.78 is 16.9. The van der Waals surface area contributed by atoms with Gasteiger partial charge in [-0.05, 0) is 109 Å². The summed E-state index contributed by atoms with van der Waals surface area (Å²) in [5.74, 6) is -0.877. The first-order valence-electron chi connectivity index (χ1n) is 34.6. The van der Waals surface area contributed by atoms with Gasteiger partial charge < -0.3 is 14.2 Å². The molecule has 0 aliphatic carbocycles. The average Bonchev–Trinajstić information content (AvgIpc) is 3.46. The highest BCUT2D eigenvalue weighted by Gasteiger charge is 2.19. The molecule has 1 atom stereocenters. The van der Waals surface area contributed by atoms with Crippen LogP contribution in [0.1, 0.15) is 348 Å². The molecule has 0 radical (unpaired) electrons. The van der Waals surface area contributed by atoms with Crippen LogP contribution in [-0.2, 0) is 28.6 Å². The molecule has 0 fully saturated rings. The van der Waals surface area contributed by atoms with Crippen LogP contribution in [0.15, 0.2) is 85.1 Å². The van der Waals surface area contributed by atoms with Crippen molar-refractivity contribution in [2.75, 3.05) is 13.2 Å². The molecule has 0 rings (SSSR count). The topological polar surface area (TPSA) is 78.9 Å². The first kappa shape index (κ1) is 76.6. The Kier molecular flexibility index (Phi) is 65.2. The van der Waals surface area contributed by atoms with Gasteiger partial charge in [0.2, 0.25) is 0 Å². The van der Waals surface area contributed by atoms with E-state index in [4.69, 9.17) is 14.2 Å². The van der Waals surface area contributed by atoms with Crippen molar-refractivity contribution in [3.8, 4) is 0 Å². The van der Waals surface area contributed by atoms with Gasteiger partial charge in [0.1, 0.15) is 13.2 Å². The van der Waals surface area contributed by atoms with Gasteiger partial charge in [-0.15, -0.1) is 0 Å². The number of unbranched alkanes of at least 4 members (excludes halogenated alkanes) is 38. The van der Waals surface area contributed by atoms with Crippen LogP contribution in [-0.4, -0.2) is 37.2 Å². The Bertz CT molecular complexity index is 1520. The lowest BCUT2D eigenvalue weighted by atomic mass is 10.0. The molecule has 0 amide bonds. The molecule has 0 saturated heterocycles. The predicted molar refractivity (Wildman–Crippen MR) is 348 cm³/mol. The molecule has 6 heteroatoms. The molecular formula is C74H130O6. The molecular weight excluding hydrogens is 985 g/mol. The predicted octanol–water partition coefficient (Wildman–Crippen LogP) is 23.8. The lowest BCUT2D eigenvalue weighted by Gasteiger charge is -2.18. The maximum Gasteiger partial charge on any atom is 0.306 e. The summed E-state index contributed by atoms with van der Waals surface area (Å²) in [4.78, 5) is 38.3. The lowest BCUT2D eigenvalue weighted by molar-refractivity contribution is -0.167. The Morgan fingerprint density at radius 1 is 0.263 bits per heavy atom. The SMILES string of the molecule is CC/C=C\C/C=C\C/C=C\C/C=C\C/C=C\CCCCCCCCCCCCCC(=O)OCC(COC(=O)CCCCCCC/C=C\CCC)OC(=O)CCCCCCCCCCCCCCC/C=C\CCCCCCCCCC. The molecule has 0 aromatic rings. The summed E-state index contributed by atoms with van der Waals surface area (Å²) in [6.45, 7) is 6.50. The Morgan fingerprint density at radius 3 is 0.825 bits per heavy atom. The van der Waals surface area contributed by atoms with E-state index in [-0.39, 0.29) is 31.1 Å². The van der Waals surface area contributed by atoms with Crippen molar-refractivity contribution in [3.63, 3.8) is 0 Å². The van der Waals surface area contributed by atoms with Gasteiger partial charge in [-0.1, -0.05) is 305 Å². The fourth-order valence-corrected chi connectivity index (χ4v) is 9.94. The van der Waals surface area contributed by atoms with Gasteiger partial charge in [0, 0.05) is 19.3 Å². The third-order valence-corrected chi connectivity index (χ3v) is 15.1. The fraction of sp³-hybridized carbons (Fsp3) is 0.770. The molecule has 0 spiro atoms. The van der Waals surface area contributed by atoms with E-state index in [1.807, 2.05) is 0 Å². The van der Waals surface area contributed by atoms with E-state index in [1.165, 1.54) is 205 Å². The first-order valence-corrected chi connectivity index (χ1v) is 34.6. The van der Waals surface area contributed by atoms with Crippen molar-refractivity contribution in [3.05, 3.63) is 85.1 Å². The zero-order chi connectivity index (χ0) is 57.8. The minimum atomic E-state index is -0.781. The van der Waals surface area contributed by atoms with Gasteiger partial charge in [0.15, 0.2) is 6.10 Å². The molecule has 0 saturated carbocycles. The number of rotatable bonds is 63. The van der Waals surface area contributed by atoms with Gasteiger partial charge in [-0.3, -0.25) is 14.4 Å². The largest absolute Gasteiger partial charge is 0.462 e. The highest BCUT2D eigenvalue weighted by Crippen LogP contribution is 2.17. The Morgan fingerprint density at radius 2 is 0.512 bits per heavy atom. The normalized spacial score (nSPS) is 12.6. The van der Waals surface area contributed by atoms with Crippen LogP contribution < -0.4 is 0 Å². The zero-order valence-electron chi connectivity index (χ0n) is 53.1. The molecule has 0 heterocycles.